The van der Waals surface area contributed by atoms with Crippen molar-refractivity contribution in [2.75, 3.05) is 26.2 Å². The number of halogens is 2. The maximum Gasteiger partial charge on any atom is 0.349 e. The Morgan fingerprint density at radius 2 is 1.43 bits per heavy atom. The van der Waals surface area contributed by atoms with Gasteiger partial charge in [-0.2, -0.15) is 0 Å². The molecule has 2 unspecified atom stereocenters. The van der Waals surface area contributed by atoms with Gasteiger partial charge in [-0.25, -0.2) is 23.6 Å². The minimum atomic E-state index is -2.22. The van der Waals surface area contributed by atoms with Gasteiger partial charge in [-0.15, -0.1) is 6.58 Å². The molecule has 13 heteroatoms. The number of carboxylic acid groups (broad SMARTS) is 2. The van der Waals surface area contributed by atoms with E-state index in [1.54, 1.807) is 56.3 Å². The van der Waals surface area contributed by atoms with Crippen LogP contribution in [0, 0.1) is 25.6 Å². The van der Waals surface area contributed by atoms with Crippen molar-refractivity contribution in [3.05, 3.63) is 117 Å². The van der Waals surface area contributed by atoms with Gasteiger partial charge in [-0.05, 0) is 56.3 Å². The van der Waals surface area contributed by atoms with Crippen molar-refractivity contribution in [2.45, 2.75) is 31.6 Å². The van der Waals surface area contributed by atoms with Gasteiger partial charge in [0.25, 0.3) is 0 Å². The second kappa shape index (κ2) is 16.4. The lowest BCUT2D eigenvalue weighted by Crippen LogP contribution is -2.46. The fourth-order valence-electron chi connectivity index (χ4n) is 4.97. The van der Waals surface area contributed by atoms with Crippen molar-refractivity contribution >= 4 is 39.8 Å². The largest absolute Gasteiger partial charge is 0.478 e. The first-order valence-corrected chi connectivity index (χ1v) is 15.2. The lowest BCUT2D eigenvalue weighted by Gasteiger charge is -2.30. The topological polar surface area (TPSA) is 177 Å². The number of aryl methyl sites for hydroxylation is 2. The maximum absolute atomic E-state index is 14.1. The van der Waals surface area contributed by atoms with E-state index in [-0.39, 0.29) is 29.5 Å². The Kier molecular flexibility index (Phi) is 12.9. The monoisotopic (exact) mass is 714 g/mol. The molecule has 3 aromatic rings. The second-order valence-electron chi connectivity index (χ2n) is 11.1. The first-order chi connectivity index (χ1) is 22.2. The first-order valence-electron chi connectivity index (χ1n) is 14.4. The third-order valence-electron chi connectivity index (χ3n) is 7.53. The standard InChI is InChI=1S/C20H18O8.C14H18BrFN2O/c1-11-3-7-13(8-4-11)19(25)27-15(17(21)22)16(18(23)24)28-20(26)14-9-5-12(2)6-10-14;1-2-5-18-7-10(8-19)14(17,9-18)12-6-11(15)3-4-13(12)16/h3-10,15-16H,1-2H3,(H,21,22)(H,23,24);2-4,6,10,19H,1,5,7-9,17H2/t15-,16-;/m0./s1. The van der Waals surface area contributed by atoms with Crippen LogP contribution in [0.4, 0.5) is 4.39 Å². The molecule has 0 amide bonds. The fourth-order valence-corrected chi connectivity index (χ4v) is 5.33. The zero-order chi connectivity index (χ0) is 34.9. The number of esters is 2. The number of benzene rings is 3. The summed E-state index contributed by atoms with van der Waals surface area (Å²) in [6.07, 6.45) is -2.65. The molecular weight excluding hydrogens is 679 g/mol. The third kappa shape index (κ3) is 9.55. The molecule has 47 heavy (non-hydrogen) atoms. The maximum atomic E-state index is 14.1. The molecular formula is C34H36BrFN2O9. The van der Waals surface area contributed by atoms with Crippen LogP contribution in [0.1, 0.15) is 37.4 Å². The van der Waals surface area contributed by atoms with Gasteiger partial charge >= 0.3 is 23.9 Å². The van der Waals surface area contributed by atoms with Gasteiger partial charge in [0.05, 0.1) is 16.7 Å². The summed E-state index contributed by atoms with van der Waals surface area (Å²) in [6.45, 7) is 9.07. The number of carbonyl (C=O) groups excluding carboxylic acids is 2. The first kappa shape index (κ1) is 37.0. The van der Waals surface area contributed by atoms with Gasteiger partial charge in [0.1, 0.15) is 5.82 Å². The summed E-state index contributed by atoms with van der Waals surface area (Å²) >= 11 is 3.34. The normalized spacial score (nSPS) is 18.6. The predicted octanol–water partition coefficient (Wildman–Crippen LogP) is 4.08. The van der Waals surface area contributed by atoms with Gasteiger partial charge in [-0.3, -0.25) is 4.90 Å². The Labute approximate surface area is 279 Å². The highest BCUT2D eigenvalue weighted by Gasteiger charge is 2.45. The molecule has 1 aliphatic heterocycles. The quantitative estimate of drug-likeness (QED) is 0.166. The predicted molar refractivity (Wildman–Crippen MR) is 173 cm³/mol. The van der Waals surface area contributed by atoms with E-state index in [1.807, 2.05) is 0 Å². The lowest BCUT2D eigenvalue weighted by molar-refractivity contribution is -0.166. The summed E-state index contributed by atoms with van der Waals surface area (Å²) in [6, 6.07) is 16.8. The van der Waals surface area contributed by atoms with Crippen LogP contribution >= 0.6 is 15.9 Å². The molecule has 0 bridgehead atoms. The number of nitrogens with zero attached hydrogens (tertiary/aromatic N) is 1. The number of aliphatic hydroxyl groups is 1. The Balaban J connectivity index is 0.000000274. The smallest absolute Gasteiger partial charge is 0.349 e. The van der Waals surface area contributed by atoms with Crippen LogP contribution in [0.3, 0.4) is 0 Å². The molecule has 0 aromatic heterocycles. The van der Waals surface area contributed by atoms with Crippen LogP contribution in [0.2, 0.25) is 0 Å². The molecule has 0 radical (unpaired) electrons. The summed E-state index contributed by atoms with van der Waals surface area (Å²) in [5.74, 6) is -6.13. The van der Waals surface area contributed by atoms with E-state index in [2.05, 4.69) is 27.4 Å². The van der Waals surface area contributed by atoms with Gasteiger partial charge < -0.3 is 30.5 Å². The van der Waals surface area contributed by atoms with Gasteiger partial charge in [0, 0.05) is 42.2 Å². The molecule has 1 aliphatic rings. The Morgan fingerprint density at radius 1 is 0.957 bits per heavy atom. The summed E-state index contributed by atoms with van der Waals surface area (Å²) < 4.78 is 24.5. The van der Waals surface area contributed by atoms with Crippen LogP contribution in [0.5, 0.6) is 0 Å². The molecule has 4 atom stereocenters. The molecule has 5 N–H and O–H groups in total. The molecule has 0 aliphatic carbocycles. The van der Waals surface area contributed by atoms with E-state index in [0.717, 1.165) is 15.6 Å². The summed E-state index contributed by atoms with van der Waals surface area (Å²) in [7, 11) is 0. The number of aliphatic hydroxyl groups excluding tert-OH is 1. The molecule has 250 valence electrons. The minimum Gasteiger partial charge on any atom is -0.478 e. The molecule has 1 heterocycles. The van der Waals surface area contributed by atoms with Crippen LogP contribution in [-0.4, -0.2) is 82.5 Å². The second-order valence-corrected chi connectivity index (χ2v) is 12.0. The van der Waals surface area contributed by atoms with E-state index in [1.165, 1.54) is 30.3 Å². The Morgan fingerprint density at radius 3 is 1.83 bits per heavy atom. The molecule has 11 nitrogen and oxygen atoms in total. The summed E-state index contributed by atoms with van der Waals surface area (Å²) in [5, 5.41) is 28.2. The number of hydrogen-bond acceptors (Lipinski definition) is 9. The number of rotatable bonds is 11. The number of carboxylic acids is 2. The van der Waals surface area contributed by atoms with Crippen molar-refractivity contribution in [3.8, 4) is 0 Å². The van der Waals surface area contributed by atoms with Crippen LogP contribution in [0.15, 0.2) is 83.9 Å². The number of likely N-dealkylation sites (tertiary alicyclic amines) is 1. The highest BCUT2D eigenvalue weighted by Crippen LogP contribution is 2.37. The van der Waals surface area contributed by atoms with Gasteiger partial charge in [0.15, 0.2) is 0 Å². The highest BCUT2D eigenvalue weighted by molar-refractivity contribution is 9.10. The average molecular weight is 716 g/mol. The van der Waals surface area contributed by atoms with Crippen molar-refractivity contribution in [3.63, 3.8) is 0 Å². The SMILES string of the molecule is C=CCN1CC(CO)C(N)(c2cc(Br)ccc2F)C1.Cc1ccc(C(=O)O[C@H](C(=O)O)[C@H](OC(=O)c2ccc(C)cc2)C(=O)O)cc1. The number of carbonyl (C=O) groups is 4. The van der Waals surface area contributed by atoms with E-state index >= 15 is 0 Å². The van der Waals surface area contributed by atoms with E-state index in [9.17, 15) is 38.9 Å². The molecule has 1 fully saturated rings. The minimum absolute atomic E-state index is 0.0332. The highest BCUT2D eigenvalue weighted by atomic mass is 79.9. The molecule has 0 spiro atoms. The van der Waals surface area contributed by atoms with Crippen molar-refractivity contribution < 1.29 is 48.4 Å². The summed E-state index contributed by atoms with van der Waals surface area (Å²) in [5.41, 5.74) is 7.80. The molecule has 0 saturated carbocycles. The fraction of sp³-hybridized carbons (Fsp3) is 0.294. The summed E-state index contributed by atoms with van der Waals surface area (Å²) in [4.78, 5) is 49.4. The number of nitrogens with two attached hydrogens (primary N) is 1. The molecule has 1 saturated heterocycles. The van der Waals surface area contributed by atoms with Crippen molar-refractivity contribution in [1.82, 2.24) is 4.90 Å². The zero-order valence-electron chi connectivity index (χ0n) is 25.8. The van der Waals surface area contributed by atoms with Gasteiger partial charge in [0.2, 0.25) is 12.2 Å². The van der Waals surface area contributed by atoms with E-state index in [4.69, 9.17) is 15.2 Å². The lowest BCUT2D eigenvalue weighted by atomic mass is 9.81. The van der Waals surface area contributed by atoms with Crippen molar-refractivity contribution in [1.29, 1.82) is 0 Å². The third-order valence-corrected chi connectivity index (χ3v) is 8.03. The van der Waals surface area contributed by atoms with Crippen molar-refractivity contribution in [2.24, 2.45) is 11.7 Å². The van der Waals surface area contributed by atoms with E-state index in [0.29, 0.717) is 25.2 Å². The van der Waals surface area contributed by atoms with Crippen LogP contribution in [0.25, 0.3) is 0 Å². The Bertz CT molecular complexity index is 1520. The Hall–Kier alpha value is -4.43. The zero-order valence-corrected chi connectivity index (χ0v) is 27.4. The average Bonchev–Trinajstić information content (AvgIpc) is 3.36. The molecule has 3 aromatic carbocycles. The van der Waals surface area contributed by atoms with E-state index < -0.39 is 41.6 Å². The van der Waals surface area contributed by atoms with Crippen LogP contribution in [-0.2, 0) is 24.6 Å². The number of hydrogen-bond donors (Lipinski definition) is 4. The van der Waals surface area contributed by atoms with Crippen LogP contribution < -0.4 is 5.73 Å². The molecule has 4 rings (SSSR count). The number of aliphatic carboxylic acids is 2. The number of ether oxygens (including phenoxy) is 2. The van der Waals surface area contributed by atoms with Gasteiger partial charge in [-0.1, -0.05) is 57.4 Å².